The summed E-state index contributed by atoms with van der Waals surface area (Å²) in [5, 5.41) is 18.0. The van der Waals surface area contributed by atoms with Gasteiger partial charge in [0.05, 0.1) is 25.1 Å². The molecule has 5 rings (SSSR count). The largest absolute Gasteiger partial charge is 0.462 e. The van der Waals surface area contributed by atoms with E-state index in [1.807, 2.05) is 72.8 Å². The van der Waals surface area contributed by atoms with Gasteiger partial charge in [-0.2, -0.15) is 0 Å². The number of aliphatic hydroxyl groups is 1. The van der Waals surface area contributed by atoms with Gasteiger partial charge in [-0.3, -0.25) is 9.59 Å². The first-order chi connectivity index (χ1) is 22.9. The molecule has 3 aromatic carbocycles. The van der Waals surface area contributed by atoms with Gasteiger partial charge in [0.15, 0.2) is 0 Å². The van der Waals surface area contributed by atoms with Crippen molar-refractivity contribution in [1.82, 2.24) is 16.0 Å². The van der Waals surface area contributed by atoms with E-state index in [1.165, 1.54) is 0 Å². The van der Waals surface area contributed by atoms with Gasteiger partial charge in [0, 0.05) is 12.3 Å². The molecule has 10 heteroatoms. The zero-order valence-electron chi connectivity index (χ0n) is 26.2. The topological polar surface area (TPSA) is 143 Å². The fourth-order valence-corrected chi connectivity index (χ4v) is 6.10. The Morgan fingerprint density at radius 1 is 0.936 bits per heavy atom. The first kappa shape index (κ1) is 33.4. The van der Waals surface area contributed by atoms with E-state index < -0.39 is 30.1 Å². The van der Waals surface area contributed by atoms with E-state index in [0.29, 0.717) is 19.3 Å². The van der Waals surface area contributed by atoms with Gasteiger partial charge in [-0.15, -0.1) is 0 Å². The second kappa shape index (κ2) is 16.6. The van der Waals surface area contributed by atoms with Gasteiger partial charge in [0.1, 0.15) is 19.3 Å². The van der Waals surface area contributed by atoms with E-state index in [-0.39, 0.29) is 56.9 Å². The van der Waals surface area contributed by atoms with E-state index in [2.05, 4.69) is 28.1 Å². The van der Waals surface area contributed by atoms with Crippen LogP contribution in [-0.2, 0) is 30.3 Å². The number of allylic oxidation sites excluding steroid dienone is 2. The molecule has 246 valence electrons. The lowest BCUT2D eigenvalue weighted by molar-refractivity contribution is -0.146. The van der Waals surface area contributed by atoms with Crippen molar-refractivity contribution >= 4 is 23.9 Å². The molecule has 1 aliphatic carbocycles. The minimum Gasteiger partial charge on any atom is -0.462 e. The Labute approximate surface area is 274 Å². The number of esters is 1. The first-order valence-corrected chi connectivity index (χ1v) is 16.1. The van der Waals surface area contributed by atoms with Crippen LogP contribution in [0.1, 0.15) is 48.3 Å². The van der Waals surface area contributed by atoms with Crippen molar-refractivity contribution in [2.75, 3.05) is 26.4 Å². The number of nitrogens with one attached hydrogen (secondary N) is 3. The smallest absolute Gasteiger partial charge is 0.407 e. The zero-order valence-corrected chi connectivity index (χ0v) is 26.2. The van der Waals surface area contributed by atoms with Gasteiger partial charge in [-0.05, 0) is 53.5 Å². The van der Waals surface area contributed by atoms with Gasteiger partial charge < -0.3 is 30.5 Å². The summed E-state index contributed by atoms with van der Waals surface area (Å²) in [6.45, 7) is -0.150. The normalized spacial score (nSPS) is 19.0. The number of hydrogen-bond acceptors (Lipinski definition) is 7. The average molecular weight is 640 g/mol. The van der Waals surface area contributed by atoms with Crippen LogP contribution in [0.5, 0.6) is 0 Å². The van der Waals surface area contributed by atoms with Crippen LogP contribution in [0.25, 0.3) is 11.1 Å². The Kier molecular flexibility index (Phi) is 11.8. The number of aliphatic hydroxyl groups excluding tert-OH is 1. The van der Waals surface area contributed by atoms with E-state index in [1.54, 1.807) is 6.08 Å². The van der Waals surface area contributed by atoms with Crippen molar-refractivity contribution in [3.05, 3.63) is 108 Å². The third-order valence-corrected chi connectivity index (χ3v) is 8.49. The molecule has 2 aliphatic rings. The molecule has 0 unspecified atom stereocenters. The maximum absolute atomic E-state index is 12.9. The summed E-state index contributed by atoms with van der Waals surface area (Å²) in [6, 6.07) is 24.2. The molecule has 10 nitrogen and oxygen atoms in total. The summed E-state index contributed by atoms with van der Waals surface area (Å²) in [7, 11) is 0. The third kappa shape index (κ3) is 9.07. The highest BCUT2D eigenvalue weighted by molar-refractivity contribution is 5.86. The molecule has 3 amide bonds. The minimum atomic E-state index is -0.937. The van der Waals surface area contributed by atoms with Gasteiger partial charge in [0.25, 0.3) is 0 Å². The summed E-state index contributed by atoms with van der Waals surface area (Å²) < 4.78 is 11.0. The number of benzene rings is 3. The molecule has 1 heterocycles. The second-order valence-electron chi connectivity index (χ2n) is 11.8. The molecular weight excluding hydrogens is 598 g/mol. The molecular formula is C37H41N3O7. The Hall–Kier alpha value is -4.96. The highest BCUT2D eigenvalue weighted by Gasteiger charge is 2.30. The summed E-state index contributed by atoms with van der Waals surface area (Å²) >= 11 is 0. The molecule has 4 N–H and O–H groups in total. The van der Waals surface area contributed by atoms with Crippen molar-refractivity contribution < 1.29 is 33.8 Å². The van der Waals surface area contributed by atoms with E-state index in [4.69, 9.17) is 9.47 Å². The third-order valence-electron chi connectivity index (χ3n) is 8.49. The molecule has 0 saturated carbocycles. The van der Waals surface area contributed by atoms with Gasteiger partial charge in [0.2, 0.25) is 11.8 Å². The highest BCUT2D eigenvalue weighted by Crippen LogP contribution is 2.44. The predicted octanol–water partition coefficient (Wildman–Crippen LogP) is 4.02. The van der Waals surface area contributed by atoms with Crippen molar-refractivity contribution in [2.24, 2.45) is 5.92 Å². The van der Waals surface area contributed by atoms with Gasteiger partial charge in [-0.25, -0.2) is 9.59 Å². The number of cyclic esters (lactones) is 1. The number of hydrogen-bond donors (Lipinski definition) is 4. The lowest BCUT2D eigenvalue weighted by Gasteiger charge is -2.20. The lowest BCUT2D eigenvalue weighted by atomic mass is 9.98. The van der Waals surface area contributed by atoms with Crippen LogP contribution in [0.15, 0.2) is 91.0 Å². The number of carbonyl (C=O) groups is 4. The van der Waals surface area contributed by atoms with Gasteiger partial charge >= 0.3 is 12.1 Å². The van der Waals surface area contributed by atoms with E-state index in [9.17, 15) is 24.3 Å². The second-order valence-corrected chi connectivity index (χ2v) is 11.8. The standard InChI is InChI=1S/C37H41N3O7/c41-23-27(21-25-11-3-1-4-12-25)39-34(42)22-26-13-5-2-6-18-33(36(44)46-20-19-38-35(26)43)40-37(45)47-24-32-30-16-9-7-14-28(30)29-15-8-10-17-31(29)32/h1-5,7-12,14-17,26-27,32-33,41H,6,13,18-24H2,(H,38,43)(H,39,42)(H,40,45)/t26-,27+,33+/m1/s1. The number of carbonyl (C=O) groups excluding carboxylic acids is 4. The fourth-order valence-electron chi connectivity index (χ4n) is 6.10. The summed E-state index contributed by atoms with van der Waals surface area (Å²) in [5.74, 6) is -2.05. The Morgan fingerprint density at radius 3 is 2.32 bits per heavy atom. The molecule has 0 aromatic heterocycles. The van der Waals surface area contributed by atoms with Crippen LogP contribution in [0.3, 0.4) is 0 Å². The number of fused-ring (bicyclic) bond motifs is 3. The van der Waals surface area contributed by atoms with Crippen LogP contribution in [0.2, 0.25) is 0 Å². The molecule has 0 bridgehead atoms. The molecule has 0 spiro atoms. The quantitative estimate of drug-likeness (QED) is 0.205. The maximum atomic E-state index is 12.9. The van der Waals surface area contributed by atoms with Crippen molar-refractivity contribution in [3.63, 3.8) is 0 Å². The maximum Gasteiger partial charge on any atom is 0.407 e. The molecule has 0 fully saturated rings. The Bertz CT molecular complexity index is 1530. The molecule has 0 radical (unpaired) electrons. The molecule has 3 aromatic rings. The van der Waals surface area contributed by atoms with Crippen LogP contribution in [0, 0.1) is 5.92 Å². The van der Waals surface area contributed by atoms with Crippen LogP contribution < -0.4 is 16.0 Å². The zero-order chi connectivity index (χ0) is 33.0. The van der Waals surface area contributed by atoms with E-state index >= 15 is 0 Å². The number of amides is 3. The molecule has 0 saturated heterocycles. The summed E-state index contributed by atoms with van der Waals surface area (Å²) in [6.07, 6.45) is 4.32. The SMILES string of the molecule is O=C(C[C@H]1CC=CCC[C@H](NC(=O)OCC2c3ccccc3-c3ccccc32)C(=O)OCCNC1=O)N[C@H](CO)Cc1ccccc1. The van der Waals surface area contributed by atoms with Crippen LogP contribution in [-0.4, -0.2) is 67.4 Å². The average Bonchev–Trinajstić information content (AvgIpc) is 3.41. The van der Waals surface area contributed by atoms with Crippen molar-refractivity contribution in [1.29, 1.82) is 0 Å². The minimum absolute atomic E-state index is 0.0529. The first-order valence-electron chi connectivity index (χ1n) is 16.1. The van der Waals surface area contributed by atoms with Gasteiger partial charge in [-0.1, -0.05) is 91.0 Å². The predicted molar refractivity (Wildman–Crippen MR) is 176 cm³/mol. The molecule has 47 heavy (non-hydrogen) atoms. The van der Waals surface area contributed by atoms with Crippen LogP contribution >= 0.6 is 0 Å². The van der Waals surface area contributed by atoms with Crippen LogP contribution in [0.4, 0.5) is 4.79 Å². The van der Waals surface area contributed by atoms with Crippen molar-refractivity contribution in [2.45, 2.75) is 50.1 Å². The van der Waals surface area contributed by atoms with Crippen molar-refractivity contribution in [3.8, 4) is 11.1 Å². The Morgan fingerprint density at radius 2 is 1.62 bits per heavy atom. The highest BCUT2D eigenvalue weighted by atomic mass is 16.6. The summed E-state index contributed by atoms with van der Waals surface area (Å²) in [5.41, 5.74) is 5.40. The fraction of sp³-hybridized carbons (Fsp3) is 0.351. The lowest BCUT2D eigenvalue weighted by Crippen LogP contribution is -2.43. The van der Waals surface area contributed by atoms with E-state index in [0.717, 1.165) is 27.8 Å². The molecule has 1 aliphatic heterocycles. The Balaban J connectivity index is 1.13. The number of ether oxygens (including phenoxy) is 2. The number of rotatable bonds is 9. The molecule has 3 atom stereocenters. The number of alkyl carbamates (subject to hydrolysis) is 1. The monoisotopic (exact) mass is 639 g/mol. The summed E-state index contributed by atoms with van der Waals surface area (Å²) in [4.78, 5) is 51.6.